The summed E-state index contributed by atoms with van der Waals surface area (Å²) in [4.78, 5) is 0.282. The molecular weight excluding hydrogens is 272 g/mol. The summed E-state index contributed by atoms with van der Waals surface area (Å²) in [5.74, 6) is 0. The topological polar surface area (TPSA) is 49.4 Å². The molecule has 6 heteroatoms. The number of halogens is 1. The fourth-order valence-corrected chi connectivity index (χ4v) is 2.87. The number of nitrogens with one attached hydrogen (secondary N) is 1. The lowest BCUT2D eigenvalue weighted by Crippen LogP contribution is -2.26. The quantitative estimate of drug-likeness (QED) is 0.873. The van der Waals surface area contributed by atoms with Gasteiger partial charge in [0, 0.05) is 25.2 Å². The first-order chi connectivity index (χ1) is 8.43. The van der Waals surface area contributed by atoms with Crippen LogP contribution in [0.1, 0.15) is 19.4 Å². The number of sulfonamides is 1. The Balaban J connectivity index is 3.12. The van der Waals surface area contributed by atoms with Gasteiger partial charge in [-0.1, -0.05) is 25.4 Å². The molecule has 0 saturated heterocycles. The van der Waals surface area contributed by atoms with Gasteiger partial charge in [0.25, 0.3) is 0 Å². The summed E-state index contributed by atoms with van der Waals surface area (Å²) >= 11 is 6.05. The first kappa shape index (κ1) is 15.4. The summed E-state index contributed by atoms with van der Waals surface area (Å²) in [7, 11) is -1.84. The molecule has 0 heterocycles. The van der Waals surface area contributed by atoms with E-state index in [1.807, 2.05) is 6.92 Å². The SMILES string of the molecule is CCNCc1cc(S(=O)(=O)N(C)CC)ccc1Cl. The lowest BCUT2D eigenvalue weighted by Gasteiger charge is -2.16. The van der Waals surface area contributed by atoms with Gasteiger partial charge in [0.2, 0.25) is 10.0 Å². The second-order valence-corrected chi connectivity index (χ2v) is 6.40. The molecule has 1 rings (SSSR count). The van der Waals surface area contributed by atoms with E-state index in [9.17, 15) is 8.42 Å². The van der Waals surface area contributed by atoms with E-state index < -0.39 is 10.0 Å². The van der Waals surface area contributed by atoms with Crippen LogP contribution in [0, 0.1) is 0 Å². The van der Waals surface area contributed by atoms with Crippen molar-refractivity contribution in [2.24, 2.45) is 0 Å². The van der Waals surface area contributed by atoms with Crippen molar-refractivity contribution in [3.05, 3.63) is 28.8 Å². The van der Waals surface area contributed by atoms with Gasteiger partial charge >= 0.3 is 0 Å². The molecule has 0 spiro atoms. The van der Waals surface area contributed by atoms with E-state index in [0.29, 0.717) is 18.1 Å². The zero-order valence-corrected chi connectivity index (χ0v) is 12.5. The molecule has 0 amide bonds. The van der Waals surface area contributed by atoms with Crippen LogP contribution in [0.4, 0.5) is 0 Å². The predicted octanol–water partition coefficient (Wildman–Crippen LogP) is 2.09. The minimum atomic E-state index is -3.41. The second kappa shape index (κ2) is 6.52. The van der Waals surface area contributed by atoms with Crippen molar-refractivity contribution in [3.8, 4) is 0 Å². The zero-order valence-electron chi connectivity index (χ0n) is 10.9. The van der Waals surface area contributed by atoms with Gasteiger partial charge in [-0.25, -0.2) is 12.7 Å². The Morgan fingerprint density at radius 3 is 2.56 bits per heavy atom. The van der Waals surface area contributed by atoms with Crippen LogP contribution in [0.2, 0.25) is 5.02 Å². The summed E-state index contributed by atoms with van der Waals surface area (Å²) in [6.45, 7) is 5.59. The largest absolute Gasteiger partial charge is 0.313 e. The maximum absolute atomic E-state index is 12.2. The maximum Gasteiger partial charge on any atom is 0.242 e. The van der Waals surface area contributed by atoms with Crippen LogP contribution in [0.5, 0.6) is 0 Å². The van der Waals surface area contributed by atoms with Gasteiger partial charge in [-0.3, -0.25) is 0 Å². The summed E-state index contributed by atoms with van der Waals surface area (Å²) in [5.41, 5.74) is 0.795. The molecule has 0 saturated carbocycles. The molecule has 1 aromatic carbocycles. The summed E-state index contributed by atoms with van der Waals surface area (Å²) in [6, 6.07) is 4.80. The molecule has 0 aliphatic carbocycles. The average Bonchev–Trinajstić information content (AvgIpc) is 2.36. The smallest absolute Gasteiger partial charge is 0.242 e. The van der Waals surface area contributed by atoms with Crippen molar-refractivity contribution in [3.63, 3.8) is 0 Å². The van der Waals surface area contributed by atoms with E-state index in [0.717, 1.165) is 12.1 Å². The Labute approximate surface area is 114 Å². The van der Waals surface area contributed by atoms with Crippen LogP contribution < -0.4 is 5.32 Å². The van der Waals surface area contributed by atoms with Crippen molar-refractivity contribution < 1.29 is 8.42 Å². The minimum Gasteiger partial charge on any atom is -0.313 e. The molecule has 0 atom stereocenters. The zero-order chi connectivity index (χ0) is 13.8. The van der Waals surface area contributed by atoms with E-state index >= 15 is 0 Å². The third kappa shape index (κ3) is 3.45. The van der Waals surface area contributed by atoms with Gasteiger partial charge in [0.1, 0.15) is 0 Å². The van der Waals surface area contributed by atoms with E-state index in [-0.39, 0.29) is 4.90 Å². The standard InChI is InChI=1S/C12H19ClN2O2S/c1-4-14-9-10-8-11(6-7-12(10)13)18(16,17)15(3)5-2/h6-8,14H,4-5,9H2,1-3H3. The lowest BCUT2D eigenvalue weighted by molar-refractivity contribution is 0.486. The van der Waals surface area contributed by atoms with Gasteiger partial charge in [-0.15, -0.1) is 0 Å². The molecular formula is C12H19ClN2O2S. The highest BCUT2D eigenvalue weighted by atomic mass is 35.5. The van der Waals surface area contributed by atoms with E-state index in [4.69, 9.17) is 11.6 Å². The molecule has 18 heavy (non-hydrogen) atoms. The highest BCUT2D eigenvalue weighted by molar-refractivity contribution is 7.89. The fourth-order valence-electron chi connectivity index (χ4n) is 1.46. The number of nitrogens with zero attached hydrogens (tertiary/aromatic N) is 1. The Kier molecular flexibility index (Phi) is 5.59. The van der Waals surface area contributed by atoms with Crippen molar-refractivity contribution in [2.45, 2.75) is 25.3 Å². The molecule has 0 aliphatic rings. The monoisotopic (exact) mass is 290 g/mol. The molecule has 0 aromatic heterocycles. The third-order valence-electron chi connectivity index (χ3n) is 2.74. The Bertz CT molecular complexity index is 503. The number of hydrogen-bond donors (Lipinski definition) is 1. The van der Waals surface area contributed by atoms with Gasteiger partial charge in [0.05, 0.1) is 4.90 Å². The number of hydrogen-bond acceptors (Lipinski definition) is 3. The molecule has 0 unspecified atom stereocenters. The molecule has 1 aromatic rings. The van der Waals surface area contributed by atoms with Crippen LogP contribution in [0.3, 0.4) is 0 Å². The molecule has 102 valence electrons. The van der Waals surface area contributed by atoms with Gasteiger partial charge in [-0.2, -0.15) is 0 Å². The Hall–Kier alpha value is -0.620. The van der Waals surface area contributed by atoms with Crippen molar-refractivity contribution in [2.75, 3.05) is 20.1 Å². The van der Waals surface area contributed by atoms with E-state index in [1.54, 1.807) is 32.2 Å². The third-order valence-corrected chi connectivity index (χ3v) is 5.03. The Morgan fingerprint density at radius 2 is 2.00 bits per heavy atom. The Morgan fingerprint density at radius 1 is 1.33 bits per heavy atom. The molecule has 0 aliphatic heterocycles. The predicted molar refractivity (Wildman–Crippen MR) is 74.3 cm³/mol. The molecule has 0 bridgehead atoms. The molecule has 0 fully saturated rings. The number of rotatable bonds is 6. The summed E-state index contributed by atoms with van der Waals surface area (Å²) < 4.78 is 25.6. The van der Waals surface area contributed by atoms with Crippen LogP contribution in [-0.2, 0) is 16.6 Å². The minimum absolute atomic E-state index is 0.282. The average molecular weight is 291 g/mol. The lowest BCUT2D eigenvalue weighted by atomic mass is 10.2. The normalized spacial score (nSPS) is 12.1. The summed E-state index contributed by atoms with van der Waals surface area (Å²) in [6.07, 6.45) is 0. The molecule has 4 nitrogen and oxygen atoms in total. The van der Waals surface area contributed by atoms with Crippen molar-refractivity contribution >= 4 is 21.6 Å². The van der Waals surface area contributed by atoms with Crippen molar-refractivity contribution in [1.82, 2.24) is 9.62 Å². The first-order valence-corrected chi connectivity index (χ1v) is 7.70. The van der Waals surface area contributed by atoms with Crippen LogP contribution >= 0.6 is 11.6 Å². The first-order valence-electron chi connectivity index (χ1n) is 5.89. The highest BCUT2D eigenvalue weighted by Gasteiger charge is 2.20. The maximum atomic E-state index is 12.2. The van der Waals surface area contributed by atoms with E-state index in [2.05, 4.69) is 5.32 Å². The van der Waals surface area contributed by atoms with Gasteiger partial charge in [0.15, 0.2) is 0 Å². The second-order valence-electron chi connectivity index (χ2n) is 3.95. The van der Waals surface area contributed by atoms with Gasteiger partial charge < -0.3 is 5.32 Å². The van der Waals surface area contributed by atoms with E-state index in [1.165, 1.54) is 4.31 Å². The molecule has 1 N–H and O–H groups in total. The van der Waals surface area contributed by atoms with Crippen molar-refractivity contribution in [1.29, 1.82) is 0 Å². The number of benzene rings is 1. The van der Waals surface area contributed by atoms with Crippen LogP contribution in [0.15, 0.2) is 23.1 Å². The fraction of sp³-hybridized carbons (Fsp3) is 0.500. The van der Waals surface area contributed by atoms with Gasteiger partial charge in [-0.05, 0) is 30.3 Å². The molecule has 0 radical (unpaired) electrons. The summed E-state index contributed by atoms with van der Waals surface area (Å²) in [5, 5.41) is 3.71. The van der Waals surface area contributed by atoms with Crippen LogP contribution in [-0.4, -0.2) is 32.9 Å². The highest BCUT2D eigenvalue weighted by Crippen LogP contribution is 2.22. The van der Waals surface area contributed by atoms with Crippen LogP contribution in [0.25, 0.3) is 0 Å².